The number of rotatable bonds is 26. The molecule has 8 heteroatoms. The first kappa shape index (κ1) is 36.8. The Morgan fingerprint density at radius 2 is 1.16 bits per heavy atom. The van der Waals surface area contributed by atoms with Crippen molar-refractivity contribution in [2.75, 3.05) is 27.7 Å². The number of unbranched alkanes of at least 4 members (excludes halogenated alkanes) is 12. The lowest BCUT2D eigenvalue weighted by atomic mass is 10.0. The van der Waals surface area contributed by atoms with Crippen molar-refractivity contribution in [2.45, 2.75) is 142 Å². The number of ketones is 1. The van der Waals surface area contributed by atoms with Crippen LogP contribution in [0.2, 0.25) is 0 Å². The standard InChI is InChI=1S/C30H57N2O5P/c1-6-8-9-10-11-12-13-14-15-16-17-18-19-21-27(33)24-26(31-28(34)20-7-2)25-30(36)38(37)29(35)22-23-32(3,4)5/h26,37H,6-25H2,1-5H3/p+1. The minimum absolute atomic E-state index is 0.0151. The van der Waals surface area contributed by atoms with Gasteiger partial charge in [-0.2, -0.15) is 0 Å². The van der Waals surface area contributed by atoms with Crippen LogP contribution >= 0.6 is 8.15 Å². The number of Topliss-reactive ketones (excluding diaryl/α,β-unsaturated/α-hetero) is 1. The minimum atomic E-state index is -2.42. The van der Waals surface area contributed by atoms with Gasteiger partial charge in [-0.25, -0.2) is 0 Å². The van der Waals surface area contributed by atoms with Crippen molar-refractivity contribution in [1.29, 1.82) is 0 Å². The summed E-state index contributed by atoms with van der Waals surface area (Å²) in [4.78, 5) is 60.0. The SMILES string of the molecule is CCCCCCCCCCCCCCCC(=O)CC(CC(=O)P(O)C(=O)CC[N+](C)(C)C)NC(=O)CCC. The molecule has 0 aromatic carbocycles. The summed E-state index contributed by atoms with van der Waals surface area (Å²) >= 11 is 0. The largest absolute Gasteiger partial charge is 0.360 e. The van der Waals surface area contributed by atoms with E-state index in [1.807, 2.05) is 28.1 Å². The second kappa shape index (κ2) is 22.6. The van der Waals surface area contributed by atoms with E-state index in [9.17, 15) is 24.1 Å². The van der Waals surface area contributed by atoms with Crippen LogP contribution in [0.5, 0.6) is 0 Å². The van der Waals surface area contributed by atoms with Crippen LogP contribution < -0.4 is 5.32 Å². The molecule has 2 N–H and O–H groups in total. The van der Waals surface area contributed by atoms with Gasteiger partial charge in [0.25, 0.3) is 0 Å². The van der Waals surface area contributed by atoms with Gasteiger partial charge >= 0.3 is 0 Å². The van der Waals surface area contributed by atoms with Crippen LogP contribution in [0.15, 0.2) is 0 Å². The van der Waals surface area contributed by atoms with Crippen molar-refractivity contribution in [2.24, 2.45) is 0 Å². The second-order valence-corrected chi connectivity index (χ2v) is 13.4. The maximum atomic E-state index is 12.6. The summed E-state index contributed by atoms with van der Waals surface area (Å²) in [6.07, 6.45) is 17.6. The number of nitrogens with zero attached hydrogens (tertiary/aromatic N) is 1. The molecule has 0 aromatic heterocycles. The number of hydrogen-bond donors (Lipinski definition) is 2. The first-order valence-corrected chi connectivity index (χ1v) is 16.5. The predicted molar refractivity (Wildman–Crippen MR) is 158 cm³/mol. The zero-order valence-corrected chi connectivity index (χ0v) is 26.1. The zero-order valence-electron chi connectivity index (χ0n) is 25.2. The quantitative estimate of drug-likeness (QED) is 0.0705. The third-order valence-electron chi connectivity index (χ3n) is 6.77. The first-order valence-electron chi connectivity index (χ1n) is 15.2. The van der Waals surface area contributed by atoms with Crippen LogP contribution in [-0.2, 0) is 19.2 Å². The molecule has 2 unspecified atom stereocenters. The Hall–Kier alpha value is -1.17. The molecule has 0 aliphatic rings. The highest BCUT2D eigenvalue weighted by Crippen LogP contribution is 2.36. The summed E-state index contributed by atoms with van der Waals surface area (Å²) in [7, 11) is 3.40. The predicted octanol–water partition coefficient (Wildman–Crippen LogP) is 6.64. The summed E-state index contributed by atoms with van der Waals surface area (Å²) in [6.45, 7) is 4.66. The van der Waals surface area contributed by atoms with Gasteiger partial charge in [-0.1, -0.05) is 90.9 Å². The molecule has 0 radical (unpaired) electrons. The van der Waals surface area contributed by atoms with E-state index in [2.05, 4.69) is 12.2 Å². The Kier molecular flexibility index (Phi) is 21.9. The summed E-state index contributed by atoms with van der Waals surface area (Å²) in [5, 5.41) is 2.78. The smallest absolute Gasteiger partial charge is 0.220 e. The Labute approximate surface area is 234 Å². The second-order valence-electron chi connectivity index (χ2n) is 11.8. The van der Waals surface area contributed by atoms with Gasteiger partial charge in [0.15, 0.2) is 19.2 Å². The van der Waals surface area contributed by atoms with Gasteiger partial charge in [0.2, 0.25) is 5.91 Å². The Morgan fingerprint density at radius 1 is 0.658 bits per heavy atom. The van der Waals surface area contributed by atoms with Crippen LogP contribution in [-0.4, -0.2) is 65.8 Å². The number of quaternary nitrogens is 1. The van der Waals surface area contributed by atoms with Gasteiger partial charge in [-0.15, -0.1) is 0 Å². The highest BCUT2D eigenvalue weighted by atomic mass is 31.1. The van der Waals surface area contributed by atoms with Crippen molar-refractivity contribution >= 4 is 30.9 Å². The molecular formula is C30H58N2O5P+. The molecule has 0 rings (SSSR count). The lowest BCUT2D eigenvalue weighted by Crippen LogP contribution is -2.38. The fraction of sp³-hybridized carbons (Fsp3) is 0.867. The van der Waals surface area contributed by atoms with Gasteiger partial charge < -0.3 is 14.7 Å². The molecule has 38 heavy (non-hydrogen) atoms. The third kappa shape index (κ3) is 21.7. The Balaban J connectivity index is 4.34. The van der Waals surface area contributed by atoms with Gasteiger partial charge in [-0.3, -0.25) is 19.2 Å². The van der Waals surface area contributed by atoms with E-state index in [1.54, 1.807) is 0 Å². The molecule has 2 atom stereocenters. The monoisotopic (exact) mass is 557 g/mol. The summed E-state index contributed by atoms with van der Waals surface area (Å²) in [6, 6.07) is -0.667. The number of amides is 1. The highest BCUT2D eigenvalue weighted by Gasteiger charge is 2.29. The van der Waals surface area contributed by atoms with Crippen molar-refractivity contribution in [3.63, 3.8) is 0 Å². The van der Waals surface area contributed by atoms with Crippen LogP contribution in [0, 0.1) is 0 Å². The molecule has 0 saturated heterocycles. The molecule has 0 spiro atoms. The number of hydrogen-bond acceptors (Lipinski definition) is 5. The zero-order chi connectivity index (χ0) is 28.8. The lowest BCUT2D eigenvalue weighted by Gasteiger charge is -2.24. The molecule has 7 nitrogen and oxygen atoms in total. The topological polar surface area (TPSA) is 101 Å². The third-order valence-corrected chi connectivity index (χ3v) is 8.12. The summed E-state index contributed by atoms with van der Waals surface area (Å²) in [5.74, 6) is -0.195. The number of nitrogens with one attached hydrogen (secondary N) is 1. The summed E-state index contributed by atoms with van der Waals surface area (Å²) in [5.41, 5.74) is -1.02. The van der Waals surface area contributed by atoms with Crippen molar-refractivity contribution < 1.29 is 28.6 Å². The van der Waals surface area contributed by atoms with E-state index in [-0.39, 0.29) is 31.0 Å². The average Bonchev–Trinajstić information content (AvgIpc) is 2.84. The van der Waals surface area contributed by atoms with Crippen LogP contribution in [0.25, 0.3) is 0 Å². The van der Waals surface area contributed by atoms with Crippen molar-refractivity contribution in [3.8, 4) is 0 Å². The molecule has 0 saturated carbocycles. The van der Waals surface area contributed by atoms with Crippen LogP contribution in [0.3, 0.4) is 0 Å². The van der Waals surface area contributed by atoms with Gasteiger partial charge in [0, 0.05) is 31.7 Å². The van der Waals surface area contributed by atoms with Crippen molar-refractivity contribution in [1.82, 2.24) is 5.32 Å². The molecule has 0 aliphatic heterocycles. The molecular weight excluding hydrogens is 499 g/mol. The van der Waals surface area contributed by atoms with Gasteiger partial charge in [0.05, 0.1) is 34.1 Å². The fourth-order valence-electron chi connectivity index (χ4n) is 4.39. The molecule has 0 aliphatic carbocycles. The lowest BCUT2D eigenvalue weighted by molar-refractivity contribution is -0.869. The van der Waals surface area contributed by atoms with Crippen LogP contribution in [0.1, 0.15) is 136 Å². The maximum Gasteiger partial charge on any atom is 0.220 e. The van der Waals surface area contributed by atoms with Gasteiger partial charge in [0.1, 0.15) is 5.78 Å². The van der Waals surface area contributed by atoms with Crippen molar-refractivity contribution in [3.05, 3.63) is 0 Å². The maximum absolute atomic E-state index is 12.6. The number of carbonyl (C=O) groups excluding carboxylic acids is 4. The van der Waals surface area contributed by atoms with Gasteiger partial charge in [-0.05, 0) is 12.8 Å². The average molecular weight is 558 g/mol. The molecule has 222 valence electrons. The van der Waals surface area contributed by atoms with E-state index in [1.165, 1.54) is 64.2 Å². The first-order chi connectivity index (χ1) is 18.0. The number of carbonyl (C=O) groups is 4. The minimum Gasteiger partial charge on any atom is -0.360 e. The molecule has 0 bridgehead atoms. The molecule has 0 aromatic rings. The molecule has 0 fully saturated rings. The Morgan fingerprint density at radius 3 is 1.63 bits per heavy atom. The normalized spacial score (nSPS) is 13.2. The fourth-order valence-corrected chi connectivity index (χ4v) is 5.37. The van der Waals surface area contributed by atoms with E-state index in [0.29, 0.717) is 30.3 Å². The molecule has 0 heterocycles. The molecule has 1 amide bonds. The van der Waals surface area contributed by atoms with E-state index in [4.69, 9.17) is 0 Å². The van der Waals surface area contributed by atoms with E-state index < -0.39 is 25.2 Å². The van der Waals surface area contributed by atoms with E-state index in [0.717, 1.165) is 19.3 Å². The summed E-state index contributed by atoms with van der Waals surface area (Å²) < 4.78 is 0.562. The highest BCUT2D eigenvalue weighted by molar-refractivity contribution is 7.84. The van der Waals surface area contributed by atoms with Crippen LogP contribution in [0.4, 0.5) is 0 Å². The Bertz CT molecular complexity index is 678. The van der Waals surface area contributed by atoms with E-state index >= 15 is 0 Å².